The zero-order valence-electron chi connectivity index (χ0n) is 15.7. The molecular formula is C19H19BrN6O2. The van der Waals surface area contributed by atoms with Crippen LogP contribution in [0.25, 0.3) is 16.7 Å². The van der Waals surface area contributed by atoms with Crippen molar-refractivity contribution in [1.82, 2.24) is 24.1 Å². The number of anilines is 1. The number of aryl methyl sites for hydroxylation is 2. The number of aromatic nitrogens is 5. The summed E-state index contributed by atoms with van der Waals surface area (Å²) in [6.07, 6.45) is 5.43. The highest BCUT2D eigenvalue weighted by molar-refractivity contribution is 9.10. The second-order valence-electron chi connectivity index (χ2n) is 6.37. The fourth-order valence-electron chi connectivity index (χ4n) is 3.24. The molecule has 0 aliphatic heterocycles. The molecule has 0 spiro atoms. The first-order valence-corrected chi connectivity index (χ1v) is 9.63. The smallest absolute Gasteiger partial charge is 0.341 e. The number of imidazole rings is 1. The Bertz CT molecular complexity index is 1200. The highest BCUT2D eigenvalue weighted by Gasteiger charge is 2.20. The van der Waals surface area contributed by atoms with Crippen molar-refractivity contribution in [3.63, 3.8) is 0 Å². The summed E-state index contributed by atoms with van der Waals surface area (Å²) >= 11 is 3.46. The van der Waals surface area contributed by atoms with E-state index >= 15 is 0 Å². The summed E-state index contributed by atoms with van der Waals surface area (Å²) in [6.45, 7) is 4.41. The average molecular weight is 443 g/mol. The summed E-state index contributed by atoms with van der Waals surface area (Å²) < 4.78 is 9.83. The third-order valence-electron chi connectivity index (χ3n) is 4.43. The van der Waals surface area contributed by atoms with Crippen LogP contribution in [0.1, 0.15) is 28.7 Å². The first-order valence-electron chi connectivity index (χ1n) is 8.84. The van der Waals surface area contributed by atoms with E-state index in [2.05, 4.69) is 36.3 Å². The molecule has 0 saturated heterocycles. The van der Waals surface area contributed by atoms with Crippen molar-refractivity contribution in [1.29, 1.82) is 0 Å². The number of rotatable bonds is 5. The van der Waals surface area contributed by atoms with Crippen molar-refractivity contribution < 1.29 is 9.53 Å². The molecule has 0 radical (unpaired) electrons. The Morgan fingerprint density at radius 2 is 2.14 bits per heavy atom. The molecule has 4 aromatic heterocycles. The van der Waals surface area contributed by atoms with Crippen LogP contribution in [0, 0.1) is 6.92 Å². The predicted octanol–water partition coefficient (Wildman–Crippen LogP) is 3.48. The number of ether oxygens (including phenoxy) is 1. The topological polar surface area (TPSA) is 86.3 Å². The van der Waals surface area contributed by atoms with E-state index in [1.807, 2.05) is 42.9 Å². The minimum absolute atomic E-state index is 0.295. The van der Waals surface area contributed by atoms with Crippen LogP contribution in [0.15, 0.2) is 35.2 Å². The van der Waals surface area contributed by atoms with E-state index in [0.717, 1.165) is 26.9 Å². The number of hydrogen-bond donors (Lipinski definition) is 1. The second-order valence-corrected chi connectivity index (χ2v) is 7.29. The fourth-order valence-corrected chi connectivity index (χ4v) is 3.59. The number of nitrogens with one attached hydrogen (secondary N) is 1. The lowest BCUT2D eigenvalue weighted by Crippen LogP contribution is -2.11. The second kappa shape index (κ2) is 7.23. The molecule has 4 rings (SSSR count). The SMILES string of the molecule is CCOC(=O)c1cnc2c(c(C)nn2C)c1NCc1cn2cc(Br)ccc2n1. The van der Waals surface area contributed by atoms with E-state index in [0.29, 0.717) is 30.0 Å². The fraction of sp³-hybridized carbons (Fsp3) is 0.263. The first kappa shape index (κ1) is 18.4. The Labute approximate surface area is 169 Å². The van der Waals surface area contributed by atoms with E-state index in [4.69, 9.17) is 4.74 Å². The van der Waals surface area contributed by atoms with Crippen molar-refractivity contribution in [3.8, 4) is 0 Å². The number of fused-ring (bicyclic) bond motifs is 2. The lowest BCUT2D eigenvalue weighted by atomic mass is 10.1. The van der Waals surface area contributed by atoms with Gasteiger partial charge in [-0.1, -0.05) is 0 Å². The number of nitrogens with zero attached hydrogens (tertiary/aromatic N) is 5. The van der Waals surface area contributed by atoms with Crippen LogP contribution in [-0.4, -0.2) is 36.7 Å². The van der Waals surface area contributed by atoms with E-state index in [1.54, 1.807) is 11.6 Å². The van der Waals surface area contributed by atoms with Crippen LogP contribution in [-0.2, 0) is 18.3 Å². The molecule has 0 fully saturated rings. The number of halogens is 1. The first-order chi connectivity index (χ1) is 13.5. The van der Waals surface area contributed by atoms with Gasteiger partial charge in [0.25, 0.3) is 0 Å². The maximum Gasteiger partial charge on any atom is 0.341 e. The molecule has 4 heterocycles. The summed E-state index contributed by atoms with van der Waals surface area (Å²) in [5.41, 5.74) is 4.23. The van der Waals surface area contributed by atoms with Crippen LogP contribution in [0.3, 0.4) is 0 Å². The van der Waals surface area contributed by atoms with Gasteiger partial charge in [0.05, 0.1) is 35.6 Å². The molecule has 144 valence electrons. The highest BCUT2D eigenvalue weighted by Crippen LogP contribution is 2.29. The summed E-state index contributed by atoms with van der Waals surface area (Å²) in [7, 11) is 1.83. The van der Waals surface area contributed by atoms with Gasteiger partial charge in [-0.15, -0.1) is 0 Å². The molecule has 0 aliphatic rings. The van der Waals surface area contributed by atoms with E-state index < -0.39 is 5.97 Å². The predicted molar refractivity (Wildman–Crippen MR) is 109 cm³/mol. The van der Waals surface area contributed by atoms with Crippen LogP contribution in [0.2, 0.25) is 0 Å². The van der Waals surface area contributed by atoms with Gasteiger partial charge in [0.1, 0.15) is 11.2 Å². The summed E-state index contributed by atoms with van der Waals surface area (Å²) in [5.74, 6) is -0.415. The van der Waals surface area contributed by atoms with Crippen molar-refractivity contribution in [2.24, 2.45) is 7.05 Å². The maximum atomic E-state index is 12.5. The van der Waals surface area contributed by atoms with Gasteiger partial charge < -0.3 is 14.5 Å². The number of hydrogen-bond acceptors (Lipinski definition) is 6. The molecule has 0 atom stereocenters. The molecule has 0 unspecified atom stereocenters. The summed E-state index contributed by atoms with van der Waals surface area (Å²) in [6, 6.07) is 3.89. The van der Waals surface area contributed by atoms with Crippen LogP contribution >= 0.6 is 15.9 Å². The number of carbonyl (C=O) groups excluding carboxylic acids is 1. The molecule has 9 heteroatoms. The van der Waals surface area contributed by atoms with Crippen molar-refractivity contribution in [3.05, 3.63) is 52.1 Å². The standard InChI is InChI=1S/C19H19BrN6O2/c1-4-28-19(27)14-8-22-18-16(11(2)24-25(18)3)17(14)21-7-13-10-26-9-12(20)5-6-15(26)23-13/h5-6,8-10H,4,7H2,1-3H3,(H,21,22). The quantitative estimate of drug-likeness (QED) is 0.476. The van der Waals surface area contributed by atoms with Gasteiger partial charge in [0.2, 0.25) is 0 Å². The van der Waals surface area contributed by atoms with Crippen LogP contribution in [0.4, 0.5) is 5.69 Å². The molecule has 28 heavy (non-hydrogen) atoms. The van der Waals surface area contributed by atoms with Crippen LogP contribution < -0.4 is 5.32 Å². The molecule has 0 amide bonds. The monoisotopic (exact) mass is 442 g/mol. The summed E-state index contributed by atoms with van der Waals surface area (Å²) in [4.78, 5) is 21.5. The van der Waals surface area contributed by atoms with Gasteiger partial charge in [0.15, 0.2) is 5.65 Å². The Morgan fingerprint density at radius 3 is 2.93 bits per heavy atom. The van der Waals surface area contributed by atoms with Crippen molar-refractivity contribution in [2.75, 3.05) is 11.9 Å². The van der Waals surface area contributed by atoms with Gasteiger partial charge in [-0.2, -0.15) is 5.10 Å². The molecular weight excluding hydrogens is 424 g/mol. The van der Waals surface area contributed by atoms with Crippen molar-refractivity contribution in [2.45, 2.75) is 20.4 Å². The molecule has 0 aliphatic carbocycles. The lowest BCUT2D eigenvalue weighted by Gasteiger charge is -2.12. The largest absolute Gasteiger partial charge is 0.462 e. The van der Waals surface area contributed by atoms with Gasteiger partial charge in [-0.25, -0.2) is 14.8 Å². The lowest BCUT2D eigenvalue weighted by molar-refractivity contribution is 0.0527. The maximum absolute atomic E-state index is 12.5. The summed E-state index contributed by atoms with van der Waals surface area (Å²) in [5, 5.41) is 8.60. The zero-order chi connectivity index (χ0) is 19.8. The van der Waals surface area contributed by atoms with Gasteiger partial charge in [-0.3, -0.25) is 4.68 Å². The Hall–Kier alpha value is -2.94. The van der Waals surface area contributed by atoms with Gasteiger partial charge >= 0.3 is 5.97 Å². The number of pyridine rings is 2. The molecule has 1 N–H and O–H groups in total. The molecule has 8 nitrogen and oxygen atoms in total. The average Bonchev–Trinajstić information content (AvgIpc) is 3.19. The minimum atomic E-state index is -0.415. The zero-order valence-corrected chi connectivity index (χ0v) is 17.3. The minimum Gasteiger partial charge on any atom is -0.462 e. The van der Waals surface area contributed by atoms with Crippen LogP contribution in [0.5, 0.6) is 0 Å². The Kier molecular flexibility index (Phi) is 4.76. The molecule has 4 aromatic rings. The molecule has 0 saturated carbocycles. The van der Waals surface area contributed by atoms with E-state index in [-0.39, 0.29) is 0 Å². The highest BCUT2D eigenvalue weighted by atomic mass is 79.9. The van der Waals surface area contributed by atoms with Crippen molar-refractivity contribution >= 4 is 44.3 Å². The number of esters is 1. The molecule has 0 bridgehead atoms. The van der Waals surface area contributed by atoms with E-state index in [1.165, 1.54) is 6.20 Å². The van der Waals surface area contributed by atoms with Gasteiger partial charge in [0, 0.05) is 30.1 Å². The number of carbonyl (C=O) groups is 1. The van der Waals surface area contributed by atoms with Gasteiger partial charge in [-0.05, 0) is 41.9 Å². The van der Waals surface area contributed by atoms with E-state index in [9.17, 15) is 4.79 Å². The Morgan fingerprint density at radius 1 is 1.32 bits per heavy atom. The normalized spacial score (nSPS) is 11.3. The Balaban J connectivity index is 1.74. The third kappa shape index (κ3) is 3.22. The third-order valence-corrected chi connectivity index (χ3v) is 4.90. The molecule has 0 aromatic carbocycles.